The Balaban J connectivity index is 2.73. The van der Waals surface area contributed by atoms with Gasteiger partial charge in [0.15, 0.2) is 19.7 Å². The molecule has 1 aromatic rings. The topological polar surface area (TPSA) is 124 Å². The number of anilines is 1. The molecule has 0 aliphatic carbocycles. The second kappa shape index (κ2) is 5.99. The normalized spacial score (nSPS) is 19.9. The minimum absolute atomic E-state index is 0.0186. The molecular formula is C14H17NO8S2. The minimum Gasteiger partial charge on any atom is -0.497 e. The molecular weight excluding hydrogens is 374 g/mol. The zero-order chi connectivity index (χ0) is 19.2. The van der Waals surface area contributed by atoms with E-state index < -0.39 is 41.9 Å². The van der Waals surface area contributed by atoms with E-state index in [1.54, 1.807) is 0 Å². The minimum atomic E-state index is -4.42. The summed E-state index contributed by atoms with van der Waals surface area (Å²) in [5.41, 5.74) is 0.0186. The molecule has 2 rings (SSSR count). The summed E-state index contributed by atoms with van der Waals surface area (Å²) in [6, 6.07) is 5.56. The van der Waals surface area contributed by atoms with Gasteiger partial charge >= 0.3 is 5.97 Å². The second-order valence-electron chi connectivity index (χ2n) is 5.54. The largest absolute Gasteiger partial charge is 0.497 e. The van der Waals surface area contributed by atoms with Crippen LogP contribution in [-0.2, 0) is 34.0 Å². The molecule has 0 spiro atoms. The van der Waals surface area contributed by atoms with E-state index in [1.165, 1.54) is 31.4 Å². The van der Waals surface area contributed by atoms with E-state index >= 15 is 0 Å². The number of ether oxygens (including phenoxy) is 2. The summed E-state index contributed by atoms with van der Waals surface area (Å²) in [5, 5.41) is 0. The van der Waals surface area contributed by atoms with Gasteiger partial charge < -0.3 is 9.47 Å². The molecule has 1 unspecified atom stereocenters. The Hall–Kier alpha value is -2.14. The molecule has 1 aliphatic rings. The molecule has 0 saturated carbocycles. The predicted molar refractivity (Wildman–Crippen MR) is 88.5 cm³/mol. The number of rotatable bonds is 5. The Labute approximate surface area is 145 Å². The number of β-lactam (4-membered cyclic amide) rings is 1. The van der Waals surface area contributed by atoms with Crippen LogP contribution in [0.15, 0.2) is 24.3 Å². The summed E-state index contributed by atoms with van der Waals surface area (Å²) in [5.74, 6) is -1.49. The number of hydrogen-bond donors (Lipinski definition) is 0. The van der Waals surface area contributed by atoms with Crippen molar-refractivity contribution in [3.63, 3.8) is 0 Å². The summed E-state index contributed by atoms with van der Waals surface area (Å²) in [4.78, 5) is 24.3. The van der Waals surface area contributed by atoms with Gasteiger partial charge in [0.05, 0.1) is 7.11 Å². The van der Waals surface area contributed by atoms with Crippen molar-refractivity contribution in [1.29, 1.82) is 0 Å². The molecule has 1 fully saturated rings. The van der Waals surface area contributed by atoms with Crippen LogP contribution in [0.25, 0.3) is 0 Å². The molecule has 1 heterocycles. The van der Waals surface area contributed by atoms with Crippen LogP contribution in [0.4, 0.5) is 5.69 Å². The van der Waals surface area contributed by atoms with E-state index in [0.29, 0.717) is 23.2 Å². The van der Waals surface area contributed by atoms with E-state index in [-0.39, 0.29) is 5.69 Å². The number of methoxy groups -OCH3 is 1. The Morgan fingerprint density at radius 1 is 1.08 bits per heavy atom. The van der Waals surface area contributed by atoms with Crippen LogP contribution in [0.3, 0.4) is 0 Å². The van der Waals surface area contributed by atoms with Gasteiger partial charge in [0.2, 0.25) is 6.10 Å². The number of carbonyl (C=O) groups excluding carboxylic acids is 2. The van der Waals surface area contributed by atoms with Gasteiger partial charge in [-0.05, 0) is 24.3 Å². The molecule has 138 valence electrons. The lowest BCUT2D eigenvalue weighted by molar-refractivity contribution is -0.159. The van der Waals surface area contributed by atoms with Crippen molar-refractivity contribution in [1.82, 2.24) is 0 Å². The van der Waals surface area contributed by atoms with Crippen molar-refractivity contribution >= 4 is 37.2 Å². The fraction of sp³-hybridized carbons (Fsp3) is 0.429. The van der Waals surface area contributed by atoms with Crippen LogP contribution in [0, 0.1) is 0 Å². The molecule has 1 amide bonds. The summed E-state index contributed by atoms with van der Waals surface area (Å²) in [6.45, 7) is 0.957. The third-order valence-corrected chi connectivity index (χ3v) is 8.50. The van der Waals surface area contributed by atoms with Crippen molar-refractivity contribution in [3.8, 4) is 5.75 Å². The van der Waals surface area contributed by atoms with Gasteiger partial charge in [0.25, 0.3) is 10.1 Å². The second-order valence-corrected chi connectivity index (χ2v) is 10.1. The van der Waals surface area contributed by atoms with Crippen LogP contribution in [-0.4, -0.2) is 58.6 Å². The monoisotopic (exact) mass is 391 g/mol. The zero-order valence-corrected chi connectivity index (χ0v) is 15.5. The maximum Gasteiger partial charge on any atom is 0.303 e. The quantitative estimate of drug-likeness (QED) is 0.496. The maximum absolute atomic E-state index is 12.4. The molecule has 0 bridgehead atoms. The highest BCUT2D eigenvalue weighted by molar-refractivity contribution is 8.10. The average Bonchev–Trinajstić information content (AvgIpc) is 2.47. The smallest absolute Gasteiger partial charge is 0.303 e. The Morgan fingerprint density at radius 2 is 1.56 bits per heavy atom. The van der Waals surface area contributed by atoms with Crippen LogP contribution in [0.5, 0.6) is 5.75 Å². The molecule has 11 heteroatoms. The molecule has 0 radical (unpaired) electrons. The molecule has 1 aromatic carbocycles. The number of benzene rings is 1. The lowest BCUT2D eigenvalue weighted by Crippen LogP contribution is -2.81. The number of sulfone groups is 2. The van der Waals surface area contributed by atoms with Gasteiger partial charge in [0, 0.05) is 25.1 Å². The Bertz CT molecular complexity index is 886. The van der Waals surface area contributed by atoms with Gasteiger partial charge in [0.1, 0.15) is 5.75 Å². The number of carbonyl (C=O) groups is 2. The summed E-state index contributed by atoms with van der Waals surface area (Å²) < 4.78 is 56.8. The lowest BCUT2D eigenvalue weighted by Gasteiger charge is -2.52. The third kappa shape index (κ3) is 2.76. The van der Waals surface area contributed by atoms with E-state index in [1.807, 2.05) is 0 Å². The number of hydrogen-bond acceptors (Lipinski definition) is 8. The van der Waals surface area contributed by atoms with Crippen molar-refractivity contribution in [3.05, 3.63) is 24.3 Å². The molecule has 9 nitrogen and oxygen atoms in total. The van der Waals surface area contributed by atoms with E-state index in [9.17, 15) is 26.4 Å². The van der Waals surface area contributed by atoms with Crippen LogP contribution in [0.2, 0.25) is 0 Å². The fourth-order valence-electron chi connectivity index (χ4n) is 2.80. The van der Waals surface area contributed by atoms with E-state index in [2.05, 4.69) is 0 Å². The van der Waals surface area contributed by atoms with Crippen LogP contribution < -0.4 is 9.64 Å². The Morgan fingerprint density at radius 3 is 1.92 bits per heavy atom. The van der Waals surface area contributed by atoms with Crippen molar-refractivity contribution < 1.29 is 35.9 Å². The van der Waals surface area contributed by atoms with Gasteiger partial charge in [-0.3, -0.25) is 14.5 Å². The first-order valence-electron chi connectivity index (χ1n) is 6.92. The number of nitrogens with zero attached hydrogens (tertiary/aromatic N) is 1. The standard InChI is InChI=1S/C14H17NO8S2/c1-9(16)23-12-13(17)15(10-5-7-11(22-2)8-6-10)14(12,24(3,18)19)25(4,20)21/h5-8,12H,1-4H3. The summed E-state index contributed by atoms with van der Waals surface area (Å²) >= 11 is 0. The van der Waals surface area contributed by atoms with E-state index in [4.69, 9.17) is 9.47 Å². The first-order valence-corrected chi connectivity index (χ1v) is 10.7. The fourth-order valence-corrected chi connectivity index (χ4v) is 7.13. The van der Waals surface area contributed by atoms with Gasteiger partial charge in [-0.15, -0.1) is 0 Å². The highest BCUT2D eigenvalue weighted by atomic mass is 32.3. The third-order valence-electron chi connectivity index (χ3n) is 3.76. The number of amides is 1. The van der Waals surface area contributed by atoms with Gasteiger partial charge in [-0.25, -0.2) is 16.8 Å². The zero-order valence-electron chi connectivity index (χ0n) is 13.9. The van der Waals surface area contributed by atoms with Crippen LogP contribution >= 0.6 is 0 Å². The molecule has 1 aliphatic heterocycles. The first kappa shape index (κ1) is 19.2. The first-order chi connectivity index (χ1) is 11.4. The van der Waals surface area contributed by atoms with Crippen molar-refractivity contribution in [2.45, 2.75) is 17.2 Å². The van der Waals surface area contributed by atoms with E-state index in [0.717, 1.165) is 6.92 Å². The summed E-state index contributed by atoms with van der Waals surface area (Å²) in [7, 11) is -7.42. The molecule has 25 heavy (non-hydrogen) atoms. The predicted octanol–water partition coefficient (Wildman–Crippen LogP) is -0.283. The molecule has 1 atom stereocenters. The SMILES string of the molecule is COc1ccc(N2C(=O)C(OC(C)=O)C2(S(C)(=O)=O)S(C)(=O)=O)cc1. The molecule has 0 N–H and O–H groups in total. The molecule has 1 saturated heterocycles. The van der Waals surface area contributed by atoms with Gasteiger partial charge in [-0.1, -0.05) is 0 Å². The van der Waals surface area contributed by atoms with Crippen LogP contribution in [0.1, 0.15) is 6.92 Å². The molecule has 0 aromatic heterocycles. The Kier molecular flexibility index (Phi) is 4.60. The van der Waals surface area contributed by atoms with Gasteiger partial charge in [-0.2, -0.15) is 0 Å². The average molecular weight is 391 g/mol. The highest BCUT2D eigenvalue weighted by Crippen LogP contribution is 2.46. The highest BCUT2D eigenvalue weighted by Gasteiger charge is 2.75. The van der Waals surface area contributed by atoms with Crippen molar-refractivity contribution in [2.24, 2.45) is 0 Å². The summed E-state index contributed by atoms with van der Waals surface area (Å²) in [6.07, 6.45) is -0.627. The van der Waals surface area contributed by atoms with Crippen molar-refractivity contribution in [2.75, 3.05) is 24.5 Å². The number of esters is 1. The maximum atomic E-state index is 12.4. The lowest BCUT2D eigenvalue weighted by atomic mass is 10.1.